The summed E-state index contributed by atoms with van der Waals surface area (Å²) in [7, 11) is 0. The fourth-order valence-electron chi connectivity index (χ4n) is 5.25. The van der Waals surface area contributed by atoms with E-state index in [0.717, 1.165) is 12.8 Å². The van der Waals surface area contributed by atoms with E-state index >= 15 is 0 Å². The quantitative estimate of drug-likeness (QED) is 0.572. The van der Waals surface area contributed by atoms with Gasteiger partial charge in [-0.3, -0.25) is 0 Å². The Morgan fingerprint density at radius 2 is 2.00 bits per heavy atom. The molecule has 1 aromatic rings. The largest absolute Gasteiger partial charge is 0.358 e. The Morgan fingerprint density at radius 1 is 1.13 bits per heavy atom. The molecule has 0 amide bonds. The Kier molecular flexibility index (Phi) is 2.97. The first-order valence-corrected chi connectivity index (χ1v) is 9.17. The van der Waals surface area contributed by atoms with Crippen LogP contribution in [0.4, 0.5) is 0 Å². The Labute approximate surface area is 138 Å². The summed E-state index contributed by atoms with van der Waals surface area (Å²) in [6.45, 7) is 2.33. The van der Waals surface area contributed by atoms with Crippen LogP contribution in [-0.4, -0.2) is 6.10 Å². The number of fused-ring (bicyclic) bond motifs is 5. The highest BCUT2D eigenvalue weighted by molar-refractivity contribution is 5.84. The maximum Gasteiger partial charge on any atom is 0.138 e. The molecule has 0 saturated heterocycles. The second kappa shape index (κ2) is 4.95. The van der Waals surface area contributed by atoms with Gasteiger partial charge in [0, 0.05) is 5.92 Å². The van der Waals surface area contributed by atoms with Crippen LogP contribution in [0.5, 0.6) is 0 Å². The molecule has 3 unspecified atom stereocenters. The van der Waals surface area contributed by atoms with Gasteiger partial charge in [0.15, 0.2) is 0 Å². The molecule has 1 spiro atoms. The normalized spacial score (nSPS) is 34.9. The molecule has 1 nitrogen and oxygen atoms in total. The third kappa shape index (κ3) is 1.83. The van der Waals surface area contributed by atoms with E-state index in [9.17, 15) is 0 Å². The standard InChI is InChI=1S/C22H24O/c1-15-14-22(23-21-13-7-4-8-16(15)21)19-11-5-2-9-17(19)18-10-3-6-12-20(18)22/h2,5-6,9,11-12,14,16,21H,3-4,7-8,10,13H2,1H3. The first-order chi connectivity index (χ1) is 11.3. The van der Waals surface area contributed by atoms with Crippen molar-refractivity contribution in [3.05, 3.63) is 64.8 Å². The molecule has 1 aromatic carbocycles. The Balaban J connectivity index is 1.73. The highest BCUT2D eigenvalue weighted by atomic mass is 16.5. The van der Waals surface area contributed by atoms with Crippen molar-refractivity contribution in [2.24, 2.45) is 5.92 Å². The molecule has 1 heteroatoms. The molecule has 118 valence electrons. The first-order valence-electron chi connectivity index (χ1n) is 9.17. The zero-order chi connectivity index (χ0) is 15.4. The summed E-state index contributed by atoms with van der Waals surface area (Å²) in [6, 6.07) is 8.92. The average Bonchev–Trinajstić information content (AvgIpc) is 2.86. The van der Waals surface area contributed by atoms with E-state index in [2.05, 4.69) is 49.4 Å². The number of allylic oxidation sites excluding steroid dienone is 2. The van der Waals surface area contributed by atoms with Gasteiger partial charge in [-0.05, 0) is 61.0 Å². The van der Waals surface area contributed by atoms with Crippen molar-refractivity contribution in [1.82, 2.24) is 0 Å². The molecular weight excluding hydrogens is 280 g/mol. The van der Waals surface area contributed by atoms with Crippen molar-refractivity contribution in [1.29, 1.82) is 0 Å². The fraction of sp³-hybridized carbons (Fsp3) is 0.455. The highest BCUT2D eigenvalue weighted by Crippen LogP contribution is 2.56. The van der Waals surface area contributed by atoms with E-state index in [0.29, 0.717) is 12.0 Å². The molecule has 0 bridgehead atoms. The topological polar surface area (TPSA) is 9.23 Å². The minimum Gasteiger partial charge on any atom is -0.358 e. The minimum atomic E-state index is -0.314. The molecule has 0 aromatic heterocycles. The second-order valence-electron chi connectivity index (χ2n) is 7.55. The monoisotopic (exact) mass is 304 g/mol. The van der Waals surface area contributed by atoms with Gasteiger partial charge in [-0.2, -0.15) is 0 Å². The van der Waals surface area contributed by atoms with E-state index < -0.39 is 0 Å². The summed E-state index contributed by atoms with van der Waals surface area (Å²) in [5, 5.41) is 0. The summed E-state index contributed by atoms with van der Waals surface area (Å²) < 4.78 is 6.92. The minimum absolute atomic E-state index is 0.314. The van der Waals surface area contributed by atoms with Crippen LogP contribution >= 0.6 is 0 Å². The predicted molar refractivity (Wildman–Crippen MR) is 94.0 cm³/mol. The third-order valence-corrected chi connectivity index (χ3v) is 6.28. The molecule has 3 atom stereocenters. The number of ether oxygens (including phenoxy) is 1. The van der Waals surface area contributed by atoms with Gasteiger partial charge in [0.1, 0.15) is 5.60 Å². The maximum absolute atomic E-state index is 6.92. The van der Waals surface area contributed by atoms with E-state index in [1.807, 2.05) is 0 Å². The van der Waals surface area contributed by atoms with Gasteiger partial charge in [-0.1, -0.05) is 54.8 Å². The molecule has 0 radical (unpaired) electrons. The van der Waals surface area contributed by atoms with Crippen molar-refractivity contribution in [2.45, 2.75) is 57.2 Å². The number of benzene rings is 1. The molecular formula is C22H24O. The van der Waals surface area contributed by atoms with Crippen molar-refractivity contribution in [3.63, 3.8) is 0 Å². The summed E-state index contributed by atoms with van der Waals surface area (Å²) in [5.41, 5.74) is 6.95. The van der Waals surface area contributed by atoms with Gasteiger partial charge >= 0.3 is 0 Å². The summed E-state index contributed by atoms with van der Waals surface area (Å²) in [6.07, 6.45) is 15.0. The van der Waals surface area contributed by atoms with Gasteiger partial charge in [0.2, 0.25) is 0 Å². The van der Waals surface area contributed by atoms with E-state index in [4.69, 9.17) is 4.74 Å². The molecule has 1 heterocycles. The summed E-state index contributed by atoms with van der Waals surface area (Å²) in [5.74, 6) is 0.638. The molecule has 1 fully saturated rings. The van der Waals surface area contributed by atoms with Crippen LogP contribution in [0.2, 0.25) is 0 Å². The molecule has 23 heavy (non-hydrogen) atoms. The molecule has 3 aliphatic carbocycles. The van der Waals surface area contributed by atoms with Crippen LogP contribution in [-0.2, 0) is 10.3 Å². The molecule has 0 N–H and O–H groups in total. The Hall–Kier alpha value is -1.60. The maximum atomic E-state index is 6.92. The summed E-state index contributed by atoms with van der Waals surface area (Å²) in [4.78, 5) is 0. The number of hydrogen-bond donors (Lipinski definition) is 0. The van der Waals surface area contributed by atoms with Crippen molar-refractivity contribution in [3.8, 4) is 0 Å². The SMILES string of the molecule is CC1=CC2(OC3CCCCC13)C1=C(CCC=C1)c1ccccc12. The van der Waals surface area contributed by atoms with Crippen molar-refractivity contribution >= 4 is 5.57 Å². The van der Waals surface area contributed by atoms with Crippen LogP contribution in [0.15, 0.2) is 53.6 Å². The molecule has 5 rings (SSSR count). The predicted octanol–water partition coefficient (Wildman–Crippen LogP) is 5.53. The van der Waals surface area contributed by atoms with Gasteiger partial charge in [0.05, 0.1) is 6.10 Å². The summed E-state index contributed by atoms with van der Waals surface area (Å²) >= 11 is 0. The van der Waals surface area contributed by atoms with Gasteiger partial charge in [0.25, 0.3) is 0 Å². The van der Waals surface area contributed by atoms with Gasteiger partial charge in [-0.25, -0.2) is 0 Å². The van der Waals surface area contributed by atoms with E-state index in [1.54, 1.807) is 5.57 Å². The van der Waals surface area contributed by atoms with Crippen LogP contribution in [0.25, 0.3) is 5.57 Å². The lowest BCUT2D eigenvalue weighted by Gasteiger charge is -2.45. The molecule has 1 aliphatic heterocycles. The third-order valence-electron chi connectivity index (χ3n) is 6.28. The average molecular weight is 304 g/mol. The van der Waals surface area contributed by atoms with Crippen molar-refractivity contribution in [2.75, 3.05) is 0 Å². The lowest BCUT2D eigenvalue weighted by atomic mass is 9.75. The smallest absolute Gasteiger partial charge is 0.138 e. The lowest BCUT2D eigenvalue weighted by molar-refractivity contribution is -0.0890. The Bertz CT molecular complexity index is 751. The van der Waals surface area contributed by atoms with E-state index in [-0.39, 0.29) is 5.60 Å². The van der Waals surface area contributed by atoms with Crippen LogP contribution in [0.3, 0.4) is 0 Å². The Morgan fingerprint density at radius 3 is 2.96 bits per heavy atom. The highest BCUT2D eigenvalue weighted by Gasteiger charge is 2.49. The molecule has 1 saturated carbocycles. The second-order valence-corrected chi connectivity index (χ2v) is 7.55. The fourth-order valence-corrected chi connectivity index (χ4v) is 5.25. The van der Waals surface area contributed by atoms with Crippen LogP contribution in [0.1, 0.15) is 56.6 Å². The lowest BCUT2D eigenvalue weighted by Crippen LogP contribution is -2.42. The van der Waals surface area contributed by atoms with Crippen LogP contribution in [0, 0.1) is 5.92 Å². The zero-order valence-corrected chi connectivity index (χ0v) is 13.8. The van der Waals surface area contributed by atoms with Gasteiger partial charge < -0.3 is 4.74 Å². The zero-order valence-electron chi connectivity index (χ0n) is 13.8. The van der Waals surface area contributed by atoms with Gasteiger partial charge in [-0.15, -0.1) is 0 Å². The number of hydrogen-bond acceptors (Lipinski definition) is 1. The first kappa shape index (κ1) is 13.8. The van der Waals surface area contributed by atoms with E-state index in [1.165, 1.54) is 48.0 Å². The molecule has 4 aliphatic rings. The van der Waals surface area contributed by atoms with Crippen molar-refractivity contribution < 1.29 is 4.74 Å². The van der Waals surface area contributed by atoms with Crippen LogP contribution < -0.4 is 0 Å². The number of rotatable bonds is 0.